The molecule has 0 saturated carbocycles. The van der Waals surface area contributed by atoms with Crippen molar-refractivity contribution in [2.75, 3.05) is 10.6 Å². The first-order chi connectivity index (χ1) is 17.9. The fourth-order valence-electron chi connectivity index (χ4n) is 3.24. The summed E-state index contributed by atoms with van der Waals surface area (Å²) in [5, 5.41) is 11.8. The molecule has 0 aliphatic rings. The van der Waals surface area contributed by atoms with Crippen molar-refractivity contribution in [3.8, 4) is 11.3 Å². The van der Waals surface area contributed by atoms with Gasteiger partial charge in [0.25, 0.3) is 0 Å². The fourth-order valence-corrected chi connectivity index (χ4v) is 3.59. The fraction of sp³-hybridized carbons (Fsp3) is 0.300. The third-order valence-corrected chi connectivity index (χ3v) is 5.68. The van der Waals surface area contributed by atoms with E-state index in [9.17, 15) is 4.79 Å². The second kappa shape index (κ2) is 17.1. The third kappa shape index (κ3) is 11.9. The number of carbonyl (C=O) groups is 1. The van der Waals surface area contributed by atoms with Gasteiger partial charge in [0.15, 0.2) is 0 Å². The lowest BCUT2D eigenvalue weighted by Gasteiger charge is -2.09. The van der Waals surface area contributed by atoms with Gasteiger partial charge in [-0.05, 0) is 75.0 Å². The van der Waals surface area contributed by atoms with Gasteiger partial charge in [-0.3, -0.25) is 9.93 Å². The minimum Gasteiger partial charge on any atom is -0.326 e. The van der Waals surface area contributed by atoms with Gasteiger partial charge in [0, 0.05) is 34.5 Å². The zero-order valence-electron chi connectivity index (χ0n) is 22.3. The average Bonchev–Trinajstić information content (AvgIpc) is 2.90. The Labute approximate surface area is 226 Å². The van der Waals surface area contributed by atoms with E-state index in [4.69, 9.17) is 5.14 Å². The van der Waals surface area contributed by atoms with E-state index >= 15 is 0 Å². The van der Waals surface area contributed by atoms with E-state index in [0.717, 1.165) is 53.2 Å². The van der Waals surface area contributed by atoms with Gasteiger partial charge in [0.05, 0.1) is 5.69 Å². The van der Waals surface area contributed by atoms with E-state index in [1.165, 1.54) is 17.5 Å². The summed E-state index contributed by atoms with van der Waals surface area (Å²) in [5.41, 5.74) is 4.77. The van der Waals surface area contributed by atoms with Crippen LogP contribution in [0.1, 0.15) is 59.8 Å². The Hall–Kier alpha value is -3.42. The summed E-state index contributed by atoms with van der Waals surface area (Å²) in [7, 11) is 0. The molecule has 0 fully saturated rings. The number of allylic oxidation sites excluding steroid dienone is 4. The number of unbranched alkanes of at least 4 members (excludes halogenated alkanes) is 2. The molecule has 7 heteroatoms. The van der Waals surface area contributed by atoms with E-state index in [2.05, 4.69) is 66.5 Å². The largest absolute Gasteiger partial charge is 0.326 e. The van der Waals surface area contributed by atoms with Crippen LogP contribution in [-0.4, -0.2) is 15.9 Å². The minimum absolute atomic E-state index is 0.0533. The summed E-state index contributed by atoms with van der Waals surface area (Å²) in [6.45, 7) is 8.45. The molecule has 0 aliphatic heterocycles. The summed E-state index contributed by atoms with van der Waals surface area (Å²) in [6, 6.07) is 17.3. The molecule has 0 atom stereocenters. The average molecular weight is 518 g/mol. The van der Waals surface area contributed by atoms with Gasteiger partial charge in [-0.1, -0.05) is 68.7 Å². The molecule has 1 amide bonds. The highest BCUT2D eigenvalue weighted by Crippen LogP contribution is 2.23. The smallest absolute Gasteiger partial charge is 0.227 e. The summed E-state index contributed by atoms with van der Waals surface area (Å²) < 4.78 is 0. The molecule has 3 aromatic rings. The highest BCUT2D eigenvalue weighted by atomic mass is 32.2. The van der Waals surface area contributed by atoms with Crippen molar-refractivity contribution >= 4 is 35.2 Å². The normalized spacial score (nSPS) is 10.4. The number of hydrogen-bond acceptors (Lipinski definition) is 6. The van der Waals surface area contributed by atoms with Crippen LogP contribution in [0, 0.1) is 0 Å². The lowest BCUT2D eigenvalue weighted by Crippen LogP contribution is -2.10. The monoisotopic (exact) mass is 517 g/mol. The number of benzene rings is 2. The molecule has 196 valence electrons. The van der Waals surface area contributed by atoms with Crippen LogP contribution in [0.2, 0.25) is 0 Å². The first-order valence-electron chi connectivity index (χ1n) is 12.7. The molecule has 0 aliphatic carbocycles. The van der Waals surface area contributed by atoms with Crippen molar-refractivity contribution in [2.24, 2.45) is 5.14 Å². The van der Waals surface area contributed by atoms with Crippen LogP contribution in [0.15, 0.2) is 89.5 Å². The Morgan fingerprint density at radius 1 is 1.03 bits per heavy atom. The molecule has 37 heavy (non-hydrogen) atoms. The van der Waals surface area contributed by atoms with Crippen LogP contribution < -0.4 is 15.8 Å². The van der Waals surface area contributed by atoms with E-state index in [-0.39, 0.29) is 5.91 Å². The zero-order chi connectivity index (χ0) is 26.9. The Morgan fingerprint density at radius 3 is 2.49 bits per heavy atom. The van der Waals surface area contributed by atoms with Gasteiger partial charge < -0.3 is 10.6 Å². The van der Waals surface area contributed by atoms with Crippen LogP contribution in [-0.2, 0) is 4.79 Å². The second-order valence-electron chi connectivity index (χ2n) is 8.70. The molecule has 0 unspecified atom stereocenters. The standard InChI is InChI=1S/C22H25N5OS.C8H14/c1-2-3-4-8-21(28)25-17-11-9-16(10-12-17)20-13-14-24-22(27-20)26-18-6-5-7-19(15-18)29-23;1-4-5-6-7-8(2)3/h5-7,9-15H,2-4,8,23H2,1H3,(H,25,28)(H,24,26,27);5-7H,4H2,1-3H3/b;6-5-. The second-order valence-corrected chi connectivity index (χ2v) is 9.41. The molecule has 1 heterocycles. The lowest BCUT2D eigenvalue weighted by molar-refractivity contribution is -0.116. The van der Waals surface area contributed by atoms with Crippen LogP contribution >= 0.6 is 11.9 Å². The topological polar surface area (TPSA) is 92.9 Å². The van der Waals surface area contributed by atoms with Gasteiger partial charge in [-0.25, -0.2) is 9.97 Å². The zero-order valence-corrected chi connectivity index (χ0v) is 23.1. The maximum Gasteiger partial charge on any atom is 0.227 e. The first kappa shape index (κ1) is 29.8. The molecule has 3 rings (SSSR count). The number of aromatic nitrogens is 2. The summed E-state index contributed by atoms with van der Waals surface area (Å²) >= 11 is 1.19. The number of hydrogen-bond donors (Lipinski definition) is 3. The Kier molecular flexibility index (Phi) is 13.8. The maximum absolute atomic E-state index is 12.0. The predicted octanol–water partition coefficient (Wildman–Crippen LogP) is 8.29. The van der Waals surface area contributed by atoms with Crippen LogP contribution in [0.25, 0.3) is 11.3 Å². The van der Waals surface area contributed by atoms with E-state index in [0.29, 0.717) is 12.4 Å². The van der Waals surface area contributed by atoms with Gasteiger partial charge in [0.1, 0.15) is 0 Å². The Morgan fingerprint density at radius 2 is 1.81 bits per heavy atom. The number of carbonyl (C=O) groups excluding carboxylic acids is 1. The number of nitrogens with one attached hydrogen (secondary N) is 2. The quantitative estimate of drug-likeness (QED) is 0.135. The molecule has 1 aromatic heterocycles. The van der Waals surface area contributed by atoms with Gasteiger partial charge in [0.2, 0.25) is 11.9 Å². The Balaban J connectivity index is 0.000000521. The summed E-state index contributed by atoms with van der Waals surface area (Å²) in [6.07, 6.45) is 12.9. The van der Waals surface area contributed by atoms with E-state index < -0.39 is 0 Å². The van der Waals surface area contributed by atoms with Crippen LogP contribution in [0.5, 0.6) is 0 Å². The predicted molar refractivity (Wildman–Crippen MR) is 159 cm³/mol. The van der Waals surface area contributed by atoms with E-state index in [1.807, 2.05) is 54.6 Å². The molecule has 6 nitrogen and oxygen atoms in total. The molecular weight excluding hydrogens is 478 g/mol. The van der Waals surface area contributed by atoms with E-state index in [1.54, 1.807) is 6.20 Å². The van der Waals surface area contributed by atoms with Crippen molar-refractivity contribution in [3.05, 3.63) is 84.6 Å². The number of nitrogens with zero attached hydrogens (tertiary/aromatic N) is 2. The van der Waals surface area contributed by atoms with Gasteiger partial charge >= 0.3 is 0 Å². The lowest BCUT2D eigenvalue weighted by atomic mass is 10.1. The molecule has 0 radical (unpaired) electrons. The highest BCUT2D eigenvalue weighted by molar-refractivity contribution is 7.97. The Bertz CT molecular complexity index is 1150. The van der Waals surface area contributed by atoms with Crippen molar-refractivity contribution in [1.29, 1.82) is 0 Å². The molecule has 4 N–H and O–H groups in total. The summed E-state index contributed by atoms with van der Waals surface area (Å²) in [4.78, 5) is 21.8. The van der Waals surface area contributed by atoms with Gasteiger partial charge in [-0.2, -0.15) is 0 Å². The van der Waals surface area contributed by atoms with Gasteiger partial charge in [-0.15, -0.1) is 0 Å². The number of anilines is 3. The number of rotatable bonds is 11. The first-order valence-corrected chi connectivity index (χ1v) is 13.6. The van der Waals surface area contributed by atoms with Crippen molar-refractivity contribution in [1.82, 2.24) is 9.97 Å². The molecular formula is C30H39N5OS. The molecule has 0 bridgehead atoms. The maximum atomic E-state index is 12.0. The van der Waals surface area contributed by atoms with Crippen molar-refractivity contribution in [3.63, 3.8) is 0 Å². The highest BCUT2D eigenvalue weighted by Gasteiger charge is 2.06. The molecule has 2 aromatic carbocycles. The van der Waals surface area contributed by atoms with Crippen LogP contribution in [0.3, 0.4) is 0 Å². The SMILES string of the molecule is CC/C=C\C=C(C)C.CCCCCC(=O)Nc1ccc(-c2ccnc(Nc3cccc(SN)c3)n2)cc1. The van der Waals surface area contributed by atoms with Crippen molar-refractivity contribution < 1.29 is 4.79 Å². The number of amides is 1. The molecule has 0 spiro atoms. The third-order valence-electron chi connectivity index (χ3n) is 5.15. The number of nitrogens with two attached hydrogens (primary N) is 1. The molecule has 0 saturated heterocycles. The van der Waals surface area contributed by atoms with Crippen LogP contribution in [0.4, 0.5) is 17.3 Å². The summed E-state index contributed by atoms with van der Waals surface area (Å²) in [5.74, 6) is 0.563. The minimum atomic E-state index is 0.0533. The van der Waals surface area contributed by atoms with Crippen molar-refractivity contribution in [2.45, 2.75) is 64.7 Å².